The minimum Gasteiger partial charge on any atom is -0.349 e. The van der Waals surface area contributed by atoms with Crippen LogP contribution in [0.4, 0.5) is 8.78 Å². The summed E-state index contributed by atoms with van der Waals surface area (Å²) < 4.78 is 49.8. The molecule has 5 nitrogen and oxygen atoms in total. The van der Waals surface area contributed by atoms with Crippen molar-refractivity contribution < 1.29 is 22.0 Å². The third kappa shape index (κ3) is 3.98. The van der Waals surface area contributed by atoms with Gasteiger partial charge in [-0.2, -0.15) is 0 Å². The first-order chi connectivity index (χ1) is 9.68. The standard InChI is InChI=1S/C13H16F2N2O3S/c1-7(4-8-2-3-8)17-13(18)10-5-9(14)6-11(12(10)15)21(16,19)20/h5-8H,2-4H2,1H3,(H,17,18)(H2,16,19,20). The molecule has 116 valence electrons. The van der Waals surface area contributed by atoms with Gasteiger partial charge in [-0.05, 0) is 31.4 Å². The number of primary sulfonamides is 1. The molecule has 21 heavy (non-hydrogen) atoms. The van der Waals surface area contributed by atoms with Gasteiger partial charge in [0.05, 0.1) is 5.56 Å². The largest absolute Gasteiger partial charge is 0.349 e. The van der Waals surface area contributed by atoms with Crippen molar-refractivity contribution in [3.05, 3.63) is 29.3 Å². The molecule has 0 aliphatic heterocycles. The molecule has 1 atom stereocenters. The lowest BCUT2D eigenvalue weighted by Gasteiger charge is -2.14. The summed E-state index contributed by atoms with van der Waals surface area (Å²) in [5, 5.41) is 7.34. The summed E-state index contributed by atoms with van der Waals surface area (Å²) in [6.07, 6.45) is 2.96. The zero-order valence-electron chi connectivity index (χ0n) is 11.4. The maximum atomic E-state index is 14.0. The first-order valence-electron chi connectivity index (χ1n) is 6.51. The number of halogens is 2. The highest BCUT2D eigenvalue weighted by Gasteiger charge is 2.27. The van der Waals surface area contributed by atoms with Gasteiger partial charge in [-0.25, -0.2) is 22.3 Å². The number of nitrogens with one attached hydrogen (secondary N) is 1. The Balaban J connectivity index is 2.25. The van der Waals surface area contributed by atoms with E-state index >= 15 is 0 Å². The van der Waals surface area contributed by atoms with Crippen LogP contribution in [0, 0.1) is 17.6 Å². The van der Waals surface area contributed by atoms with Gasteiger partial charge in [0.1, 0.15) is 10.7 Å². The molecule has 0 heterocycles. The second-order valence-corrected chi connectivity index (χ2v) is 6.89. The summed E-state index contributed by atoms with van der Waals surface area (Å²) in [4.78, 5) is 10.9. The van der Waals surface area contributed by atoms with Crippen LogP contribution in [-0.4, -0.2) is 20.4 Å². The second-order valence-electron chi connectivity index (χ2n) is 5.36. The number of carbonyl (C=O) groups is 1. The molecule has 1 aromatic carbocycles. The lowest BCUT2D eigenvalue weighted by atomic mass is 10.1. The second kappa shape index (κ2) is 5.69. The van der Waals surface area contributed by atoms with Crippen LogP contribution in [0.3, 0.4) is 0 Å². The molecule has 0 radical (unpaired) electrons. The Hall–Kier alpha value is -1.54. The van der Waals surface area contributed by atoms with Gasteiger partial charge in [-0.1, -0.05) is 12.8 Å². The minimum atomic E-state index is -4.44. The number of rotatable bonds is 5. The van der Waals surface area contributed by atoms with Crippen molar-refractivity contribution in [1.82, 2.24) is 5.32 Å². The monoisotopic (exact) mass is 318 g/mol. The van der Waals surface area contributed by atoms with Gasteiger partial charge in [0.2, 0.25) is 10.0 Å². The van der Waals surface area contributed by atoms with E-state index in [9.17, 15) is 22.0 Å². The lowest BCUT2D eigenvalue weighted by Crippen LogP contribution is -2.34. The average Bonchev–Trinajstić information content (AvgIpc) is 3.13. The van der Waals surface area contributed by atoms with Crippen molar-refractivity contribution in [3.8, 4) is 0 Å². The molecule has 1 aliphatic carbocycles. The van der Waals surface area contributed by atoms with Crippen molar-refractivity contribution >= 4 is 15.9 Å². The molecule has 1 saturated carbocycles. The first kappa shape index (κ1) is 15.8. The Morgan fingerprint density at radius 3 is 2.57 bits per heavy atom. The van der Waals surface area contributed by atoms with Gasteiger partial charge in [-0.15, -0.1) is 0 Å². The summed E-state index contributed by atoms with van der Waals surface area (Å²) in [6, 6.07) is 0.906. The van der Waals surface area contributed by atoms with E-state index in [1.165, 1.54) is 0 Å². The van der Waals surface area contributed by atoms with Gasteiger partial charge in [-0.3, -0.25) is 4.79 Å². The average molecular weight is 318 g/mol. The molecule has 1 unspecified atom stereocenters. The number of benzene rings is 1. The van der Waals surface area contributed by atoms with E-state index in [2.05, 4.69) is 5.32 Å². The summed E-state index contributed by atoms with van der Waals surface area (Å²) in [5.41, 5.74) is -0.665. The number of hydrogen-bond acceptors (Lipinski definition) is 3. The molecule has 0 bridgehead atoms. The molecular weight excluding hydrogens is 302 g/mol. The van der Waals surface area contributed by atoms with Crippen molar-refractivity contribution in [2.24, 2.45) is 11.1 Å². The third-order valence-corrected chi connectivity index (χ3v) is 4.23. The number of sulfonamides is 1. The number of nitrogens with two attached hydrogens (primary N) is 1. The molecular formula is C13H16F2N2O3S. The quantitative estimate of drug-likeness (QED) is 0.863. The van der Waals surface area contributed by atoms with Crippen molar-refractivity contribution in [2.75, 3.05) is 0 Å². The Bertz CT molecular complexity index is 672. The smallest absolute Gasteiger partial charge is 0.254 e. The predicted octanol–water partition coefficient (Wildman–Crippen LogP) is 1.53. The van der Waals surface area contributed by atoms with Crippen LogP contribution in [0.5, 0.6) is 0 Å². The van der Waals surface area contributed by atoms with Gasteiger partial charge in [0.25, 0.3) is 5.91 Å². The third-order valence-electron chi connectivity index (χ3n) is 3.32. The Morgan fingerprint density at radius 2 is 2.05 bits per heavy atom. The van der Waals surface area contributed by atoms with Crippen LogP contribution in [0.25, 0.3) is 0 Å². The van der Waals surface area contributed by atoms with E-state index in [1.807, 2.05) is 0 Å². The van der Waals surface area contributed by atoms with Crippen LogP contribution in [0.2, 0.25) is 0 Å². The molecule has 1 aromatic rings. The summed E-state index contributed by atoms with van der Waals surface area (Å²) >= 11 is 0. The van der Waals surface area contributed by atoms with E-state index in [1.54, 1.807) is 6.92 Å². The molecule has 0 spiro atoms. The zero-order chi connectivity index (χ0) is 15.8. The maximum absolute atomic E-state index is 14.0. The highest BCUT2D eigenvalue weighted by atomic mass is 32.2. The predicted molar refractivity (Wildman–Crippen MR) is 72.0 cm³/mol. The molecule has 0 aromatic heterocycles. The number of hydrogen-bond donors (Lipinski definition) is 2. The zero-order valence-corrected chi connectivity index (χ0v) is 12.2. The number of carbonyl (C=O) groups excluding carboxylic acids is 1. The van der Waals surface area contributed by atoms with Crippen LogP contribution in [0.1, 0.15) is 36.5 Å². The van der Waals surface area contributed by atoms with Crippen molar-refractivity contribution in [2.45, 2.75) is 37.1 Å². The van der Waals surface area contributed by atoms with Crippen LogP contribution < -0.4 is 10.5 Å². The van der Waals surface area contributed by atoms with Crippen LogP contribution >= 0.6 is 0 Å². The van der Waals surface area contributed by atoms with Crippen molar-refractivity contribution in [1.29, 1.82) is 0 Å². The fourth-order valence-corrected chi connectivity index (χ4v) is 2.79. The van der Waals surface area contributed by atoms with E-state index in [0.29, 0.717) is 18.1 Å². The van der Waals surface area contributed by atoms with Gasteiger partial charge in [0.15, 0.2) is 5.82 Å². The van der Waals surface area contributed by atoms with Gasteiger partial charge in [0, 0.05) is 6.04 Å². The summed E-state index contributed by atoms with van der Waals surface area (Å²) in [5.74, 6) is -2.68. The van der Waals surface area contributed by atoms with E-state index in [-0.39, 0.29) is 6.04 Å². The maximum Gasteiger partial charge on any atom is 0.254 e. The first-order valence-corrected chi connectivity index (χ1v) is 8.06. The lowest BCUT2D eigenvalue weighted by molar-refractivity contribution is 0.0932. The molecule has 0 saturated heterocycles. The molecule has 1 fully saturated rings. The normalized spacial score (nSPS) is 16.6. The van der Waals surface area contributed by atoms with Crippen LogP contribution in [-0.2, 0) is 10.0 Å². The molecule has 2 rings (SSSR count). The van der Waals surface area contributed by atoms with E-state index in [4.69, 9.17) is 5.14 Å². The van der Waals surface area contributed by atoms with Gasteiger partial charge >= 0.3 is 0 Å². The Morgan fingerprint density at radius 1 is 1.43 bits per heavy atom. The fraction of sp³-hybridized carbons (Fsp3) is 0.462. The summed E-state index contributed by atoms with van der Waals surface area (Å²) in [7, 11) is -4.44. The van der Waals surface area contributed by atoms with Crippen molar-refractivity contribution in [3.63, 3.8) is 0 Å². The summed E-state index contributed by atoms with van der Waals surface area (Å²) in [6.45, 7) is 1.76. The van der Waals surface area contributed by atoms with E-state index < -0.39 is 38.0 Å². The van der Waals surface area contributed by atoms with E-state index in [0.717, 1.165) is 19.3 Å². The fourth-order valence-electron chi connectivity index (χ4n) is 2.15. The SMILES string of the molecule is CC(CC1CC1)NC(=O)c1cc(F)cc(S(N)(=O)=O)c1F. The molecule has 3 N–H and O–H groups in total. The highest BCUT2D eigenvalue weighted by Crippen LogP contribution is 2.33. The molecule has 8 heteroatoms. The molecule has 1 amide bonds. The Kier molecular flexibility index (Phi) is 4.29. The van der Waals surface area contributed by atoms with Crippen LogP contribution in [0.15, 0.2) is 17.0 Å². The molecule has 1 aliphatic rings. The topological polar surface area (TPSA) is 89.3 Å². The number of amides is 1. The highest BCUT2D eigenvalue weighted by molar-refractivity contribution is 7.89. The van der Waals surface area contributed by atoms with Gasteiger partial charge < -0.3 is 5.32 Å². The minimum absolute atomic E-state index is 0.203. The Labute approximate surface area is 121 Å².